The highest BCUT2D eigenvalue weighted by atomic mass is 79.9. The van der Waals surface area contributed by atoms with Gasteiger partial charge in [0.05, 0.1) is 169 Å². The fourth-order valence-electron chi connectivity index (χ4n) is 13.8. The lowest BCUT2D eigenvalue weighted by molar-refractivity contribution is 0.103. The largest absolute Gasteiger partial charge is 0.493 e. The molecule has 26 nitrogen and oxygen atoms in total. The van der Waals surface area contributed by atoms with Crippen molar-refractivity contribution in [3.63, 3.8) is 0 Å². The van der Waals surface area contributed by atoms with Crippen molar-refractivity contribution < 1.29 is 104 Å². The van der Waals surface area contributed by atoms with E-state index in [1.165, 1.54) is 31.4 Å². The number of halogens is 6. The Morgan fingerprint density at radius 2 is 0.448 bits per heavy atom. The Bertz CT molecular complexity index is 6430. The highest BCUT2D eigenvalue weighted by Crippen LogP contribution is 2.46. The van der Waals surface area contributed by atoms with E-state index in [0.717, 1.165) is 68.0 Å². The Hall–Kier alpha value is -14.7. The molecule has 0 aliphatic heterocycles. The van der Waals surface area contributed by atoms with Gasteiger partial charge in [0.1, 0.15) is 0 Å². The molecule has 0 aliphatic carbocycles. The van der Waals surface area contributed by atoms with Crippen LogP contribution in [0.4, 0.5) is 22.7 Å². The number of ether oxygens (including phenoxy) is 18. The first-order valence-electron chi connectivity index (χ1n) is 43.2. The van der Waals surface area contributed by atoms with Gasteiger partial charge < -0.3 is 107 Å². The molecular formula is C111H108Br4Cl2N4O22. The summed E-state index contributed by atoms with van der Waals surface area (Å²) >= 11 is 26.1. The Labute approximate surface area is 876 Å². The van der Waals surface area contributed by atoms with Gasteiger partial charge in [0.15, 0.2) is 104 Å². The Balaban J connectivity index is 0.000000213. The van der Waals surface area contributed by atoms with Crippen LogP contribution in [0, 0.1) is 6.92 Å². The highest BCUT2D eigenvalue weighted by Gasteiger charge is 2.21. The van der Waals surface area contributed by atoms with Crippen LogP contribution in [0.25, 0.3) is 48.6 Å². The summed E-state index contributed by atoms with van der Waals surface area (Å²) < 4.78 is 101. The predicted octanol–water partition coefficient (Wildman–Crippen LogP) is 27.5. The average molecular weight is 2240 g/mol. The molecule has 0 bridgehead atoms. The van der Waals surface area contributed by atoms with E-state index >= 15 is 0 Å². The van der Waals surface area contributed by atoms with Crippen LogP contribution in [0.5, 0.6) is 103 Å². The first-order valence-corrected chi connectivity index (χ1v) is 47.1. The van der Waals surface area contributed by atoms with Crippen molar-refractivity contribution in [1.82, 2.24) is 0 Å². The van der Waals surface area contributed by atoms with Gasteiger partial charge in [-0.2, -0.15) is 0 Å². The number of rotatable bonds is 42. The molecule has 0 heterocycles. The maximum absolute atomic E-state index is 12.7. The van der Waals surface area contributed by atoms with Crippen LogP contribution in [0.1, 0.15) is 91.5 Å². The van der Waals surface area contributed by atoms with Crippen molar-refractivity contribution in [2.24, 2.45) is 0 Å². The Morgan fingerprint density at radius 3 is 0.685 bits per heavy atom. The Kier molecular flexibility index (Phi) is 44.4. The summed E-state index contributed by atoms with van der Waals surface area (Å²) in [5.41, 5.74) is 13.1. The molecule has 12 aromatic carbocycles. The number of hydrogen-bond acceptors (Lipinski definition) is 26. The summed E-state index contributed by atoms with van der Waals surface area (Å²) in [7, 11) is 28.3. The molecule has 0 saturated carbocycles. The molecule has 4 N–H and O–H groups in total. The van der Waals surface area contributed by atoms with Crippen molar-refractivity contribution in [3.05, 3.63) is 337 Å². The van der Waals surface area contributed by atoms with Crippen molar-refractivity contribution in [1.29, 1.82) is 0 Å². The summed E-state index contributed by atoms with van der Waals surface area (Å²) in [6.45, 7) is 1.98. The van der Waals surface area contributed by atoms with E-state index in [1.54, 1.807) is 212 Å². The van der Waals surface area contributed by atoms with E-state index in [0.29, 0.717) is 159 Å². The number of anilines is 4. The monoisotopic (exact) mass is 2230 g/mol. The van der Waals surface area contributed by atoms with Crippen molar-refractivity contribution >= 4 is 181 Å². The zero-order chi connectivity index (χ0) is 104. The fourth-order valence-corrected chi connectivity index (χ4v) is 16.7. The number of nitrogens with one attached hydrogen (secondary N) is 4. The SMILES string of the molecule is COc1cc(/C=C\c2cc(Br)c(OC)c(N/C=C\C(=O)c3ccc(C)cc3)c2)cc(OC)c1OC.COc1cc(/C=C\c2cc(Br)c(OC)c(N/C=C\C(=O)c3ccc(Cl)cc3)c2)cc(OC)c1OC.COc1cc(/C=C\c2cc(Br)c(OC)c(N/C=C\C(=O)c3cccc(Cl)c3)c2)cc(OC)c1OC.COc1ccc(C(=O)/C=C\Nc2cc(/C=C\c3cc(OC)c(OC)c(OC)c3)cc(Br)c2OC)cc1OC. The zero-order valence-corrected chi connectivity index (χ0v) is 89.7. The number of methoxy groups -OCH3 is 18. The summed E-state index contributed by atoms with van der Waals surface area (Å²) in [5, 5.41) is 13.7. The van der Waals surface area contributed by atoms with Crippen LogP contribution in [0.3, 0.4) is 0 Å². The number of ketones is 4. The molecule has 12 aromatic rings. The fraction of sp³-hybridized carbons (Fsp3) is 0.171. The maximum atomic E-state index is 12.7. The van der Waals surface area contributed by atoms with Gasteiger partial charge in [-0.1, -0.05) is 114 Å². The number of hydrogen-bond donors (Lipinski definition) is 4. The molecule has 143 heavy (non-hydrogen) atoms. The van der Waals surface area contributed by atoms with Gasteiger partial charge in [-0.25, -0.2) is 0 Å². The molecule has 746 valence electrons. The van der Waals surface area contributed by atoms with Crippen molar-refractivity contribution in [3.8, 4) is 103 Å². The van der Waals surface area contributed by atoms with Crippen molar-refractivity contribution in [2.75, 3.05) is 149 Å². The topological polar surface area (TPSA) is 283 Å². The van der Waals surface area contributed by atoms with Crippen molar-refractivity contribution in [2.45, 2.75) is 6.92 Å². The lowest BCUT2D eigenvalue weighted by atomic mass is 10.1. The average Bonchev–Trinajstić information content (AvgIpc) is 0.824. The number of benzene rings is 12. The van der Waals surface area contributed by atoms with Crippen LogP contribution in [0.15, 0.2) is 255 Å². The van der Waals surface area contributed by atoms with E-state index < -0.39 is 0 Å². The molecule has 0 aromatic heterocycles. The van der Waals surface area contributed by atoms with E-state index in [1.807, 2.05) is 177 Å². The minimum atomic E-state index is -0.199. The number of aryl methyl sites for hydroxylation is 1. The van der Waals surface area contributed by atoms with E-state index in [9.17, 15) is 19.2 Å². The molecule has 32 heteroatoms. The van der Waals surface area contributed by atoms with Gasteiger partial charge in [0.25, 0.3) is 0 Å². The molecule has 0 saturated heterocycles. The van der Waals surface area contributed by atoms with Gasteiger partial charge in [0, 0.05) is 81.4 Å². The highest BCUT2D eigenvalue weighted by molar-refractivity contribution is 9.11. The molecule has 0 fully saturated rings. The minimum absolute atomic E-state index is 0.0889. The summed E-state index contributed by atoms with van der Waals surface area (Å²) in [6.07, 6.45) is 27.7. The third-order valence-electron chi connectivity index (χ3n) is 20.8. The number of carbonyl (C=O) groups excluding carboxylic acids is 4. The molecule has 12 rings (SSSR count). The smallest absolute Gasteiger partial charge is 0.203 e. The molecule has 0 unspecified atom stereocenters. The third kappa shape index (κ3) is 31.4. The van der Waals surface area contributed by atoms with Crippen LogP contribution in [-0.4, -0.2) is 151 Å². The van der Waals surface area contributed by atoms with Crippen LogP contribution < -0.4 is 107 Å². The van der Waals surface area contributed by atoms with Crippen LogP contribution in [0.2, 0.25) is 10.0 Å². The first kappa shape index (κ1) is 112. The summed E-state index contributed by atoms with van der Waals surface area (Å²) in [5.74, 6) is 9.56. The Morgan fingerprint density at radius 1 is 0.224 bits per heavy atom. The van der Waals surface area contributed by atoms with E-state index in [-0.39, 0.29) is 23.1 Å². The number of allylic oxidation sites excluding steroid dienone is 4. The summed E-state index contributed by atoms with van der Waals surface area (Å²) in [4.78, 5) is 49.9. The second kappa shape index (κ2) is 56.7. The lowest BCUT2D eigenvalue weighted by Gasteiger charge is -2.13. The van der Waals surface area contributed by atoms with Crippen LogP contribution >= 0.6 is 86.9 Å². The predicted molar refractivity (Wildman–Crippen MR) is 585 cm³/mol. The second-order valence-corrected chi connectivity index (χ2v) is 34.1. The van der Waals surface area contributed by atoms with Gasteiger partial charge >= 0.3 is 0 Å². The normalized spacial score (nSPS) is 11.0. The second-order valence-electron chi connectivity index (χ2n) is 29.8. The van der Waals surface area contributed by atoms with E-state index in [2.05, 4.69) is 85.0 Å². The van der Waals surface area contributed by atoms with E-state index in [4.69, 9.17) is 108 Å². The molecule has 0 spiro atoms. The van der Waals surface area contributed by atoms with Gasteiger partial charge in [0.2, 0.25) is 23.0 Å². The molecule has 0 atom stereocenters. The maximum Gasteiger partial charge on any atom is 0.203 e. The third-order valence-corrected chi connectivity index (χ3v) is 23.7. The summed E-state index contributed by atoms with van der Waals surface area (Å²) in [6, 6.07) is 56.3. The van der Waals surface area contributed by atoms with Gasteiger partial charge in [-0.05, 0) is 267 Å². The standard InChI is InChI=1S/C29H30BrNO7.C28H28BrNO5.2C27H25BrClNO5/c1-33-24-10-9-20(17-25(24)34-2)23(32)11-12-31-22-14-18(13-21(30)28(22)37-5)7-8-19-15-26(35-3)29(38-6)27(16-19)36-4;1-18-6-10-21(11-7-18)24(31)12-13-30-23-15-19(14-22(29)27(23)34-4)8-9-20-16-25(32-2)28(35-5)26(17-20)33-3;1-32-24-15-18(16-25(33-2)27(24)35-4)6-5-17-13-21(28)26(34-3)22(14-17)30-12-11-23(31)19-7-9-20(29)10-8-19;1-32-24-14-18(15-25(33-2)27(24)35-4)9-8-17-12-21(28)26(34-3)22(13-17)30-11-10-23(31)19-6-5-7-20(29)16-19/h7-17,31H,1-6H3;6-17,30H,1-5H3;2*5-16,30H,1-4H3/b8-7-,12-11-;9-8-,13-12-;6-5-,12-11-;9-8-,11-10-. The molecular weight excluding hydrogens is 2130 g/mol. The van der Waals surface area contributed by atoms with Gasteiger partial charge in [-0.3, -0.25) is 19.2 Å². The lowest BCUT2D eigenvalue weighted by Crippen LogP contribution is -2.00. The minimum Gasteiger partial charge on any atom is -0.493 e. The zero-order valence-electron chi connectivity index (χ0n) is 81.9. The first-order chi connectivity index (χ1) is 69.1. The van der Waals surface area contributed by atoms with Crippen LogP contribution in [-0.2, 0) is 0 Å². The van der Waals surface area contributed by atoms with Gasteiger partial charge in [-0.15, -0.1) is 0 Å². The molecule has 0 amide bonds. The molecule has 0 aliphatic rings. The number of carbonyl (C=O) groups is 4. The molecule has 0 radical (unpaired) electrons. The quantitative estimate of drug-likeness (QED) is 0.0157.